The molecule has 0 saturated carbocycles. The van der Waals surface area contributed by atoms with Crippen molar-refractivity contribution < 1.29 is 44.9 Å². The topological polar surface area (TPSA) is 169 Å². The normalized spacial score (nSPS) is 21.1. The lowest BCUT2D eigenvalue weighted by Crippen LogP contribution is -2.60. The highest BCUT2D eigenvalue weighted by Gasteiger charge is 2.44. The van der Waals surface area contributed by atoms with Gasteiger partial charge in [0.15, 0.2) is 6.29 Å². The molecule has 1 amide bonds. The van der Waals surface area contributed by atoms with E-state index in [9.17, 15) is 35.4 Å². The van der Waals surface area contributed by atoms with E-state index < -0.39 is 55.6 Å². The number of aliphatic hydroxyl groups excluding tert-OH is 6. The summed E-state index contributed by atoms with van der Waals surface area (Å²) in [7, 11) is 0. The average molecular weight is 844 g/mol. The number of carbonyl (C=O) groups excluding carboxylic acids is 1. The number of nitrogens with one attached hydrogen (secondary N) is 1. The first kappa shape index (κ1) is 56.2. The zero-order chi connectivity index (χ0) is 43.2. The molecule has 0 aromatic rings. The summed E-state index contributed by atoms with van der Waals surface area (Å²) in [6.45, 7) is 3.64. The first-order valence-electron chi connectivity index (χ1n) is 25.3. The van der Waals surface area contributed by atoms with Crippen LogP contribution in [0, 0.1) is 0 Å². The fourth-order valence-corrected chi connectivity index (χ4v) is 8.44. The molecule has 1 rings (SSSR count). The number of hydrogen-bond acceptors (Lipinski definition) is 9. The fraction of sp³-hybridized carbons (Fsp3) is 0.980. The van der Waals surface area contributed by atoms with Crippen molar-refractivity contribution in [2.75, 3.05) is 13.2 Å². The molecule has 8 atom stereocenters. The maximum Gasteiger partial charge on any atom is 0.220 e. The quantitative estimate of drug-likeness (QED) is 0.0296. The van der Waals surface area contributed by atoms with Crippen molar-refractivity contribution in [3.8, 4) is 0 Å². The van der Waals surface area contributed by atoms with Crippen molar-refractivity contribution >= 4 is 5.91 Å². The summed E-state index contributed by atoms with van der Waals surface area (Å²) in [6.07, 6.45) is 33.9. The Morgan fingerprint density at radius 1 is 0.525 bits per heavy atom. The summed E-state index contributed by atoms with van der Waals surface area (Å²) in [5, 5.41) is 65.3. The largest absolute Gasteiger partial charge is 0.394 e. The molecule has 10 heteroatoms. The second-order valence-corrected chi connectivity index (χ2v) is 18.1. The van der Waals surface area contributed by atoms with Crippen molar-refractivity contribution in [3.05, 3.63) is 0 Å². The zero-order valence-electron chi connectivity index (χ0n) is 38.4. The van der Waals surface area contributed by atoms with Crippen molar-refractivity contribution in [2.24, 2.45) is 0 Å². The van der Waals surface area contributed by atoms with Crippen LogP contribution < -0.4 is 5.32 Å². The number of rotatable bonds is 43. The standard InChI is InChI=1S/C49H97NO9/c1-3-5-7-9-11-13-15-17-19-21-22-24-26-28-30-32-34-36-38-44(53)50-41(40-58-49-48(57)47(56)46(55)43(39-51)59-49)45(54)42(52)37-35-33-31-29-27-25-23-20-18-16-14-12-10-8-6-4-2/h41-43,45-49,51-52,54-57H,3-40H2,1-2H3,(H,50,53)/t41-,42+,43+,45-,46+,47?,48?,49+/m0/s1. The van der Waals surface area contributed by atoms with E-state index in [1.165, 1.54) is 180 Å². The Kier molecular flexibility index (Phi) is 38.0. The van der Waals surface area contributed by atoms with Crippen LogP contribution in [0.5, 0.6) is 0 Å². The zero-order valence-corrected chi connectivity index (χ0v) is 38.4. The molecule has 1 aliphatic rings. The summed E-state index contributed by atoms with van der Waals surface area (Å²) in [6, 6.07) is -0.985. The highest BCUT2D eigenvalue weighted by molar-refractivity contribution is 5.76. The number of ether oxygens (including phenoxy) is 2. The number of hydrogen-bond donors (Lipinski definition) is 7. The van der Waals surface area contributed by atoms with Crippen LogP contribution in [0.2, 0.25) is 0 Å². The third-order valence-corrected chi connectivity index (χ3v) is 12.6. The van der Waals surface area contributed by atoms with E-state index in [0.29, 0.717) is 6.42 Å². The third kappa shape index (κ3) is 30.0. The first-order valence-corrected chi connectivity index (χ1v) is 25.3. The molecule has 1 heterocycles. The Balaban J connectivity index is 2.33. The molecule has 7 N–H and O–H groups in total. The maximum absolute atomic E-state index is 13.0. The number of amides is 1. The van der Waals surface area contributed by atoms with Gasteiger partial charge in [0.05, 0.1) is 25.4 Å². The van der Waals surface area contributed by atoms with Gasteiger partial charge in [-0.2, -0.15) is 0 Å². The van der Waals surface area contributed by atoms with Crippen molar-refractivity contribution in [1.82, 2.24) is 5.32 Å². The molecule has 59 heavy (non-hydrogen) atoms. The van der Waals surface area contributed by atoms with Crippen LogP contribution in [-0.2, 0) is 14.3 Å². The third-order valence-electron chi connectivity index (χ3n) is 12.6. The van der Waals surface area contributed by atoms with Gasteiger partial charge in [0, 0.05) is 6.42 Å². The Morgan fingerprint density at radius 3 is 1.25 bits per heavy atom. The fourth-order valence-electron chi connectivity index (χ4n) is 8.44. The monoisotopic (exact) mass is 844 g/mol. The molecule has 10 nitrogen and oxygen atoms in total. The van der Waals surface area contributed by atoms with Crippen LogP contribution in [0.4, 0.5) is 0 Å². The number of carbonyl (C=O) groups is 1. The minimum atomic E-state index is -1.60. The average Bonchev–Trinajstić information content (AvgIpc) is 3.23. The highest BCUT2D eigenvalue weighted by atomic mass is 16.7. The van der Waals surface area contributed by atoms with Gasteiger partial charge in [0.1, 0.15) is 30.5 Å². The van der Waals surface area contributed by atoms with Crippen LogP contribution in [0.25, 0.3) is 0 Å². The predicted octanol–water partition coefficient (Wildman–Crippen LogP) is 10.1. The minimum absolute atomic E-state index is 0.252. The van der Waals surface area contributed by atoms with Gasteiger partial charge in [-0.1, -0.05) is 226 Å². The molecule has 0 bridgehead atoms. The van der Waals surface area contributed by atoms with E-state index in [0.717, 1.165) is 38.5 Å². The number of aliphatic hydroxyl groups is 6. The van der Waals surface area contributed by atoms with E-state index in [4.69, 9.17) is 9.47 Å². The Labute approximate surface area is 362 Å². The summed E-state index contributed by atoms with van der Waals surface area (Å²) in [5.41, 5.74) is 0. The van der Waals surface area contributed by atoms with Crippen LogP contribution in [-0.4, -0.2) is 98.7 Å². The summed E-state index contributed by atoms with van der Waals surface area (Å²) < 4.78 is 11.2. The van der Waals surface area contributed by atoms with E-state index in [2.05, 4.69) is 19.2 Å². The van der Waals surface area contributed by atoms with Gasteiger partial charge in [0.25, 0.3) is 0 Å². The smallest absolute Gasteiger partial charge is 0.220 e. The lowest BCUT2D eigenvalue weighted by atomic mass is 9.98. The van der Waals surface area contributed by atoms with Gasteiger partial charge < -0.3 is 45.4 Å². The van der Waals surface area contributed by atoms with E-state index >= 15 is 0 Å². The molecule has 352 valence electrons. The lowest BCUT2D eigenvalue weighted by Gasteiger charge is -2.40. The van der Waals surface area contributed by atoms with Crippen molar-refractivity contribution in [3.63, 3.8) is 0 Å². The van der Waals surface area contributed by atoms with Crippen molar-refractivity contribution in [2.45, 2.75) is 294 Å². The van der Waals surface area contributed by atoms with E-state index in [-0.39, 0.29) is 18.9 Å². The second kappa shape index (κ2) is 40.0. The molecule has 0 radical (unpaired) electrons. The Bertz CT molecular complexity index is 911. The minimum Gasteiger partial charge on any atom is -0.394 e. The maximum atomic E-state index is 13.0. The van der Waals surface area contributed by atoms with Crippen LogP contribution in [0.1, 0.15) is 245 Å². The Hall–Kier alpha value is -0.850. The van der Waals surface area contributed by atoms with E-state index in [1.807, 2.05) is 0 Å². The number of unbranched alkanes of at least 4 members (excludes halogenated alkanes) is 32. The molecule has 0 aromatic heterocycles. The van der Waals surface area contributed by atoms with Crippen LogP contribution >= 0.6 is 0 Å². The summed E-state index contributed by atoms with van der Waals surface area (Å²) in [5.74, 6) is -0.252. The molecule has 0 aliphatic carbocycles. The molecule has 0 spiro atoms. The molecule has 2 unspecified atom stereocenters. The van der Waals surface area contributed by atoms with Crippen LogP contribution in [0.3, 0.4) is 0 Å². The molecule has 0 aromatic carbocycles. The van der Waals surface area contributed by atoms with Gasteiger partial charge in [-0.25, -0.2) is 0 Å². The van der Waals surface area contributed by atoms with Gasteiger partial charge in [-0.15, -0.1) is 0 Å². The van der Waals surface area contributed by atoms with Gasteiger partial charge in [-0.05, 0) is 12.8 Å². The van der Waals surface area contributed by atoms with Gasteiger partial charge >= 0.3 is 0 Å². The first-order chi connectivity index (χ1) is 28.8. The summed E-state index contributed by atoms with van der Waals surface area (Å²) >= 11 is 0. The SMILES string of the molecule is CCCCCCCCCCCCCCCCCCCCC(=O)N[C@@H](CO[C@@H]1O[C@H](CO)[C@@H](O)C(O)C1O)[C@H](O)[C@H](O)CCCCCCCCCCCCCCCCCC. The lowest BCUT2D eigenvalue weighted by molar-refractivity contribution is -0.303. The molecule has 1 aliphatic heterocycles. The summed E-state index contributed by atoms with van der Waals surface area (Å²) in [4.78, 5) is 13.0. The van der Waals surface area contributed by atoms with E-state index in [1.54, 1.807) is 0 Å². The predicted molar refractivity (Wildman–Crippen MR) is 241 cm³/mol. The molecule has 1 fully saturated rings. The highest BCUT2D eigenvalue weighted by Crippen LogP contribution is 2.23. The second-order valence-electron chi connectivity index (χ2n) is 18.1. The van der Waals surface area contributed by atoms with Crippen LogP contribution in [0.15, 0.2) is 0 Å². The molecular weight excluding hydrogens is 747 g/mol. The van der Waals surface area contributed by atoms with Crippen molar-refractivity contribution in [1.29, 1.82) is 0 Å². The molecule has 1 saturated heterocycles. The Morgan fingerprint density at radius 2 is 0.881 bits per heavy atom. The van der Waals surface area contributed by atoms with Gasteiger partial charge in [-0.3, -0.25) is 4.79 Å². The molecular formula is C49H97NO9. The van der Waals surface area contributed by atoms with Gasteiger partial charge in [0.2, 0.25) is 5.91 Å².